The van der Waals surface area contributed by atoms with Gasteiger partial charge in [-0.3, -0.25) is 4.79 Å². The first-order valence-corrected chi connectivity index (χ1v) is 8.54. The van der Waals surface area contributed by atoms with Crippen molar-refractivity contribution in [1.82, 2.24) is 15.5 Å². The first-order chi connectivity index (χ1) is 13.1. The van der Waals surface area contributed by atoms with Crippen LogP contribution in [0.25, 0.3) is 11.4 Å². The van der Waals surface area contributed by atoms with Gasteiger partial charge in [0.2, 0.25) is 11.7 Å². The molecule has 0 radical (unpaired) electrons. The molecule has 0 aliphatic carbocycles. The van der Waals surface area contributed by atoms with E-state index in [1.807, 2.05) is 55.5 Å². The van der Waals surface area contributed by atoms with Crippen molar-refractivity contribution in [1.29, 1.82) is 0 Å². The van der Waals surface area contributed by atoms with E-state index in [4.69, 9.17) is 14.0 Å². The number of para-hydroxylation sites is 1. The number of methoxy groups -OCH3 is 1. The number of nitrogens with one attached hydrogen (secondary N) is 1. The third-order valence-corrected chi connectivity index (χ3v) is 3.98. The molecule has 0 saturated carbocycles. The van der Waals surface area contributed by atoms with Gasteiger partial charge < -0.3 is 19.3 Å². The minimum atomic E-state index is -0.646. The molecule has 140 valence electrons. The Kier molecular flexibility index (Phi) is 5.71. The summed E-state index contributed by atoms with van der Waals surface area (Å²) in [5.74, 6) is 1.86. The quantitative estimate of drug-likeness (QED) is 0.690. The molecule has 1 N–H and O–H groups in total. The van der Waals surface area contributed by atoms with E-state index in [0.29, 0.717) is 23.2 Å². The SMILES string of the molecule is COc1cccc(-c2noc(CNC(=O)[C@H](C)Oc3ccccc3C)n2)c1. The first kappa shape index (κ1) is 18.4. The fourth-order valence-electron chi connectivity index (χ4n) is 2.45. The van der Waals surface area contributed by atoms with Crippen molar-refractivity contribution in [3.05, 3.63) is 60.0 Å². The number of carbonyl (C=O) groups is 1. The highest BCUT2D eigenvalue weighted by molar-refractivity contribution is 5.80. The van der Waals surface area contributed by atoms with Crippen LogP contribution in [0, 0.1) is 6.92 Å². The smallest absolute Gasteiger partial charge is 0.261 e. The van der Waals surface area contributed by atoms with Crippen LogP contribution in [-0.2, 0) is 11.3 Å². The van der Waals surface area contributed by atoms with E-state index in [2.05, 4.69) is 15.5 Å². The average Bonchev–Trinajstić information content (AvgIpc) is 3.17. The molecule has 7 nitrogen and oxygen atoms in total. The summed E-state index contributed by atoms with van der Waals surface area (Å²) in [6, 6.07) is 14.9. The lowest BCUT2D eigenvalue weighted by Crippen LogP contribution is -2.36. The Morgan fingerprint density at radius 3 is 2.81 bits per heavy atom. The molecule has 1 atom stereocenters. The summed E-state index contributed by atoms with van der Waals surface area (Å²) in [6.45, 7) is 3.74. The molecule has 0 bridgehead atoms. The highest BCUT2D eigenvalue weighted by atomic mass is 16.5. The highest BCUT2D eigenvalue weighted by Crippen LogP contribution is 2.21. The second kappa shape index (κ2) is 8.35. The van der Waals surface area contributed by atoms with Gasteiger partial charge in [0, 0.05) is 5.56 Å². The van der Waals surface area contributed by atoms with E-state index in [9.17, 15) is 4.79 Å². The molecule has 1 amide bonds. The van der Waals surface area contributed by atoms with Gasteiger partial charge in [-0.15, -0.1) is 0 Å². The van der Waals surface area contributed by atoms with Gasteiger partial charge in [-0.25, -0.2) is 0 Å². The molecule has 2 aromatic carbocycles. The standard InChI is InChI=1S/C20H21N3O4/c1-13-7-4-5-10-17(13)26-14(2)20(24)21-12-18-22-19(23-27-18)15-8-6-9-16(11-15)25-3/h4-11,14H,12H2,1-3H3,(H,21,24)/t14-/m0/s1. The van der Waals surface area contributed by atoms with Gasteiger partial charge in [0.25, 0.3) is 5.91 Å². The summed E-state index contributed by atoms with van der Waals surface area (Å²) < 4.78 is 16.1. The second-order valence-corrected chi connectivity index (χ2v) is 5.99. The van der Waals surface area contributed by atoms with Crippen LogP contribution < -0.4 is 14.8 Å². The Balaban J connectivity index is 1.57. The molecule has 0 spiro atoms. The lowest BCUT2D eigenvalue weighted by molar-refractivity contribution is -0.127. The van der Waals surface area contributed by atoms with Crippen molar-refractivity contribution in [3.63, 3.8) is 0 Å². The number of benzene rings is 2. The largest absolute Gasteiger partial charge is 0.497 e. The molecule has 0 fully saturated rings. The minimum absolute atomic E-state index is 0.122. The third kappa shape index (κ3) is 4.63. The van der Waals surface area contributed by atoms with Crippen LogP contribution in [0.2, 0.25) is 0 Å². The Bertz CT molecular complexity index is 923. The van der Waals surface area contributed by atoms with Crippen molar-refractivity contribution < 1.29 is 18.8 Å². The van der Waals surface area contributed by atoms with Crippen molar-refractivity contribution in [2.24, 2.45) is 0 Å². The lowest BCUT2D eigenvalue weighted by Gasteiger charge is -2.15. The van der Waals surface area contributed by atoms with Gasteiger partial charge >= 0.3 is 0 Å². The lowest BCUT2D eigenvalue weighted by atomic mass is 10.2. The molecule has 3 rings (SSSR count). The zero-order valence-electron chi connectivity index (χ0n) is 15.4. The first-order valence-electron chi connectivity index (χ1n) is 8.54. The molecular formula is C20H21N3O4. The van der Waals surface area contributed by atoms with Gasteiger partial charge in [0.05, 0.1) is 13.7 Å². The molecule has 0 aliphatic heterocycles. The average molecular weight is 367 g/mol. The Hall–Kier alpha value is -3.35. The van der Waals surface area contributed by atoms with Gasteiger partial charge in [-0.1, -0.05) is 35.5 Å². The van der Waals surface area contributed by atoms with E-state index >= 15 is 0 Å². The van der Waals surface area contributed by atoms with Crippen molar-refractivity contribution in [2.45, 2.75) is 26.5 Å². The number of rotatable bonds is 7. The number of amides is 1. The highest BCUT2D eigenvalue weighted by Gasteiger charge is 2.17. The molecule has 3 aromatic rings. The molecule has 27 heavy (non-hydrogen) atoms. The van der Waals surface area contributed by atoms with Gasteiger partial charge in [0.15, 0.2) is 6.10 Å². The molecule has 1 heterocycles. The van der Waals surface area contributed by atoms with Crippen molar-refractivity contribution >= 4 is 5.91 Å². The van der Waals surface area contributed by atoms with Gasteiger partial charge in [-0.2, -0.15) is 4.98 Å². The van der Waals surface area contributed by atoms with Crippen LogP contribution in [0.5, 0.6) is 11.5 Å². The monoisotopic (exact) mass is 367 g/mol. The van der Waals surface area contributed by atoms with Crippen LogP contribution in [0.15, 0.2) is 53.1 Å². The van der Waals surface area contributed by atoms with Crippen LogP contribution in [0.1, 0.15) is 18.4 Å². The van der Waals surface area contributed by atoms with Crippen LogP contribution in [-0.4, -0.2) is 29.3 Å². The summed E-state index contributed by atoms with van der Waals surface area (Å²) in [6.07, 6.45) is -0.646. The molecule has 0 saturated heterocycles. The zero-order chi connectivity index (χ0) is 19.2. The minimum Gasteiger partial charge on any atom is -0.497 e. The fraction of sp³-hybridized carbons (Fsp3) is 0.250. The summed E-state index contributed by atoms with van der Waals surface area (Å²) >= 11 is 0. The molecule has 0 aliphatic rings. The Morgan fingerprint density at radius 2 is 2.04 bits per heavy atom. The Morgan fingerprint density at radius 1 is 1.22 bits per heavy atom. The van der Waals surface area contributed by atoms with Crippen LogP contribution in [0.4, 0.5) is 0 Å². The van der Waals surface area contributed by atoms with Crippen LogP contribution in [0.3, 0.4) is 0 Å². The van der Waals surface area contributed by atoms with E-state index in [1.165, 1.54) is 0 Å². The fourth-order valence-corrected chi connectivity index (χ4v) is 2.45. The Labute approximate surface area is 157 Å². The van der Waals surface area contributed by atoms with E-state index in [0.717, 1.165) is 11.1 Å². The summed E-state index contributed by atoms with van der Waals surface area (Å²) in [7, 11) is 1.59. The number of aryl methyl sites for hydroxylation is 1. The maximum absolute atomic E-state index is 12.2. The maximum Gasteiger partial charge on any atom is 0.261 e. The molecule has 7 heteroatoms. The number of carbonyl (C=O) groups excluding carboxylic acids is 1. The summed E-state index contributed by atoms with van der Waals surface area (Å²) in [4.78, 5) is 16.5. The molecular weight excluding hydrogens is 346 g/mol. The van der Waals surface area contributed by atoms with E-state index in [-0.39, 0.29) is 12.5 Å². The van der Waals surface area contributed by atoms with Gasteiger partial charge in [-0.05, 0) is 37.6 Å². The predicted molar refractivity (Wildman–Crippen MR) is 99.4 cm³/mol. The summed E-state index contributed by atoms with van der Waals surface area (Å²) in [5, 5.41) is 6.68. The molecule has 1 aromatic heterocycles. The zero-order valence-corrected chi connectivity index (χ0v) is 15.4. The second-order valence-electron chi connectivity index (χ2n) is 5.99. The normalized spacial score (nSPS) is 11.7. The van der Waals surface area contributed by atoms with E-state index < -0.39 is 6.10 Å². The topological polar surface area (TPSA) is 86.5 Å². The number of hydrogen-bond donors (Lipinski definition) is 1. The number of ether oxygens (including phenoxy) is 2. The number of hydrogen-bond acceptors (Lipinski definition) is 6. The third-order valence-electron chi connectivity index (χ3n) is 3.98. The number of nitrogens with zero attached hydrogens (tertiary/aromatic N) is 2. The summed E-state index contributed by atoms with van der Waals surface area (Å²) in [5.41, 5.74) is 1.74. The van der Waals surface area contributed by atoms with E-state index in [1.54, 1.807) is 14.0 Å². The maximum atomic E-state index is 12.2. The number of aromatic nitrogens is 2. The molecule has 0 unspecified atom stereocenters. The van der Waals surface area contributed by atoms with Gasteiger partial charge in [0.1, 0.15) is 11.5 Å². The van der Waals surface area contributed by atoms with Crippen molar-refractivity contribution in [2.75, 3.05) is 7.11 Å². The van der Waals surface area contributed by atoms with Crippen LogP contribution >= 0.6 is 0 Å². The van der Waals surface area contributed by atoms with Crippen molar-refractivity contribution in [3.8, 4) is 22.9 Å². The predicted octanol–water partition coefficient (Wildman–Crippen LogP) is 3.14.